The largest absolute Gasteiger partial charge is 0.377 e. The number of rotatable bonds is 3. The summed E-state index contributed by atoms with van der Waals surface area (Å²) in [6.07, 6.45) is 5.32. The van der Waals surface area contributed by atoms with Crippen molar-refractivity contribution in [2.75, 3.05) is 19.7 Å². The molecule has 2 aliphatic rings. The highest BCUT2D eigenvalue weighted by atomic mass is 16.5. The molecule has 1 saturated carbocycles. The Morgan fingerprint density at radius 2 is 2.16 bits per heavy atom. The van der Waals surface area contributed by atoms with Gasteiger partial charge in [-0.3, -0.25) is 4.79 Å². The highest BCUT2D eigenvalue weighted by Gasteiger charge is 2.33. The number of piperidine rings is 1. The Balaban J connectivity index is 1.88. The Kier molecular flexibility index (Phi) is 5.22. The molecule has 0 aromatic rings. The summed E-state index contributed by atoms with van der Waals surface area (Å²) >= 11 is 0. The molecule has 0 aromatic carbocycles. The first-order chi connectivity index (χ1) is 9.11. The summed E-state index contributed by atoms with van der Waals surface area (Å²) in [6, 6.07) is 0.190. The van der Waals surface area contributed by atoms with Crippen LogP contribution >= 0.6 is 0 Å². The molecule has 19 heavy (non-hydrogen) atoms. The number of carbonyl (C=O) groups excluding carboxylic acids is 1. The fourth-order valence-electron chi connectivity index (χ4n) is 3.35. The summed E-state index contributed by atoms with van der Waals surface area (Å²) in [5.41, 5.74) is 6.12. The summed E-state index contributed by atoms with van der Waals surface area (Å²) in [5.74, 6) is 1.01. The van der Waals surface area contributed by atoms with E-state index in [1.807, 2.05) is 11.8 Å². The molecule has 4 nitrogen and oxygen atoms in total. The lowest BCUT2D eigenvalue weighted by Gasteiger charge is -2.38. The molecular formula is C15H28N2O2. The second-order valence-corrected chi connectivity index (χ2v) is 6.15. The third-order valence-corrected chi connectivity index (χ3v) is 4.70. The van der Waals surface area contributed by atoms with Crippen LogP contribution in [0.2, 0.25) is 0 Å². The van der Waals surface area contributed by atoms with Gasteiger partial charge >= 0.3 is 0 Å². The number of nitrogens with two attached hydrogens (primary N) is 1. The number of nitrogens with zero attached hydrogens (tertiary/aromatic N) is 1. The minimum atomic E-state index is 0.145. The molecule has 2 N–H and O–H groups in total. The first kappa shape index (κ1) is 14.8. The standard InChI is InChI=1S/C15H28N2O2/c1-3-19-13-5-4-8-17(10-13)15(18)12-7-6-11(2)14(16)9-12/h11-14H,3-10,16H2,1-2H3. The summed E-state index contributed by atoms with van der Waals surface area (Å²) in [6.45, 7) is 6.61. The predicted octanol–water partition coefficient (Wildman–Crippen LogP) is 1.78. The molecule has 1 heterocycles. The van der Waals surface area contributed by atoms with Crippen LogP contribution in [-0.4, -0.2) is 42.6 Å². The smallest absolute Gasteiger partial charge is 0.225 e. The lowest BCUT2D eigenvalue weighted by atomic mass is 9.79. The maximum absolute atomic E-state index is 12.6. The number of ether oxygens (including phenoxy) is 1. The van der Waals surface area contributed by atoms with Crippen LogP contribution in [0.4, 0.5) is 0 Å². The third-order valence-electron chi connectivity index (χ3n) is 4.70. The van der Waals surface area contributed by atoms with Crippen LogP contribution in [0.5, 0.6) is 0 Å². The second-order valence-electron chi connectivity index (χ2n) is 6.15. The normalized spacial score (nSPS) is 36.3. The average molecular weight is 268 g/mol. The zero-order valence-corrected chi connectivity index (χ0v) is 12.3. The molecule has 4 atom stereocenters. The SMILES string of the molecule is CCOC1CCCN(C(=O)C2CCC(C)C(N)C2)C1. The van der Waals surface area contributed by atoms with Crippen LogP contribution in [0.3, 0.4) is 0 Å². The van der Waals surface area contributed by atoms with Gasteiger partial charge in [0.15, 0.2) is 0 Å². The highest BCUT2D eigenvalue weighted by Crippen LogP contribution is 2.30. The predicted molar refractivity (Wildman–Crippen MR) is 75.7 cm³/mol. The maximum Gasteiger partial charge on any atom is 0.225 e. The third kappa shape index (κ3) is 3.69. The maximum atomic E-state index is 12.6. The summed E-state index contributed by atoms with van der Waals surface area (Å²) in [4.78, 5) is 14.6. The van der Waals surface area contributed by atoms with E-state index in [1.54, 1.807) is 0 Å². The molecule has 4 heteroatoms. The van der Waals surface area contributed by atoms with E-state index >= 15 is 0 Å². The quantitative estimate of drug-likeness (QED) is 0.849. The Labute approximate surface area is 116 Å². The number of hydrogen-bond donors (Lipinski definition) is 1. The van der Waals surface area contributed by atoms with Gasteiger partial charge in [-0.25, -0.2) is 0 Å². The van der Waals surface area contributed by atoms with Crippen LogP contribution < -0.4 is 5.73 Å². The Morgan fingerprint density at radius 3 is 2.84 bits per heavy atom. The van der Waals surface area contributed by atoms with Gasteiger partial charge in [0, 0.05) is 31.7 Å². The van der Waals surface area contributed by atoms with E-state index in [9.17, 15) is 4.79 Å². The van der Waals surface area contributed by atoms with E-state index in [0.717, 1.165) is 51.8 Å². The highest BCUT2D eigenvalue weighted by molar-refractivity contribution is 5.79. The van der Waals surface area contributed by atoms with E-state index in [1.165, 1.54) is 0 Å². The van der Waals surface area contributed by atoms with Crippen LogP contribution in [0.25, 0.3) is 0 Å². The molecule has 1 saturated heterocycles. The average Bonchev–Trinajstić information content (AvgIpc) is 2.42. The van der Waals surface area contributed by atoms with E-state index in [4.69, 9.17) is 10.5 Å². The minimum Gasteiger partial charge on any atom is -0.377 e. The lowest BCUT2D eigenvalue weighted by molar-refractivity contribution is -0.141. The Bertz CT molecular complexity index is 307. The second kappa shape index (κ2) is 6.71. The van der Waals surface area contributed by atoms with Gasteiger partial charge in [-0.2, -0.15) is 0 Å². The van der Waals surface area contributed by atoms with Gasteiger partial charge in [-0.05, 0) is 44.9 Å². The van der Waals surface area contributed by atoms with Crippen molar-refractivity contribution in [2.24, 2.45) is 17.6 Å². The van der Waals surface area contributed by atoms with Gasteiger partial charge in [0.05, 0.1) is 6.10 Å². The number of amides is 1. The van der Waals surface area contributed by atoms with Crippen LogP contribution in [0, 0.1) is 11.8 Å². The molecule has 1 amide bonds. The minimum absolute atomic E-state index is 0.145. The van der Waals surface area contributed by atoms with Gasteiger partial charge in [0.2, 0.25) is 5.91 Å². The van der Waals surface area contributed by atoms with Crippen LogP contribution in [0.15, 0.2) is 0 Å². The molecule has 0 aromatic heterocycles. The first-order valence-corrected chi connectivity index (χ1v) is 7.77. The van der Waals surface area contributed by atoms with Gasteiger partial charge < -0.3 is 15.4 Å². The number of likely N-dealkylation sites (tertiary alicyclic amines) is 1. The van der Waals surface area contributed by atoms with Crippen molar-refractivity contribution in [3.8, 4) is 0 Å². The topological polar surface area (TPSA) is 55.6 Å². The van der Waals surface area contributed by atoms with Crippen molar-refractivity contribution < 1.29 is 9.53 Å². The fourth-order valence-corrected chi connectivity index (χ4v) is 3.35. The number of carbonyl (C=O) groups is 1. The number of hydrogen-bond acceptors (Lipinski definition) is 3. The van der Waals surface area contributed by atoms with Crippen molar-refractivity contribution >= 4 is 5.91 Å². The van der Waals surface area contributed by atoms with Crippen molar-refractivity contribution in [1.82, 2.24) is 4.90 Å². The zero-order valence-electron chi connectivity index (χ0n) is 12.3. The zero-order chi connectivity index (χ0) is 13.8. The Morgan fingerprint density at radius 1 is 1.37 bits per heavy atom. The molecule has 0 radical (unpaired) electrons. The van der Waals surface area contributed by atoms with E-state index in [-0.39, 0.29) is 18.1 Å². The van der Waals surface area contributed by atoms with Crippen molar-refractivity contribution in [3.63, 3.8) is 0 Å². The first-order valence-electron chi connectivity index (χ1n) is 7.77. The van der Waals surface area contributed by atoms with Gasteiger partial charge in [-0.15, -0.1) is 0 Å². The van der Waals surface area contributed by atoms with E-state index < -0.39 is 0 Å². The molecule has 0 spiro atoms. The molecule has 0 bridgehead atoms. The van der Waals surface area contributed by atoms with Crippen molar-refractivity contribution in [1.29, 1.82) is 0 Å². The Hall–Kier alpha value is -0.610. The van der Waals surface area contributed by atoms with E-state index in [0.29, 0.717) is 11.8 Å². The molecule has 2 fully saturated rings. The molecule has 4 unspecified atom stereocenters. The summed E-state index contributed by atoms with van der Waals surface area (Å²) in [5, 5.41) is 0. The fraction of sp³-hybridized carbons (Fsp3) is 0.933. The monoisotopic (exact) mass is 268 g/mol. The van der Waals surface area contributed by atoms with Crippen molar-refractivity contribution in [3.05, 3.63) is 0 Å². The molecule has 1 aliphatic heterocycles. The summed E-state index contributed by atoms with van der Waals surface area (Å²) < 4.78 is 5.67. The van der Waals surface area contributed by atoms with Crippen molar-refractivity contribution in [2.45, 2.75) is 58.1 Å². The van der Waals surface area contributed by atoms with Crippen LogP contribution in [-0.2, 0) is 9.53 Å². The molecule has 1 aliphatic carbocycles. The van der Waals surface area contributed by atoms with Gasteiger partial charge in [-0.1, -0.05) is 6.92 Å². The summed E-state index contributed by atoms with van der Waals surface area (Å²) in [7, 11) is 0. The van der Waals surface area contributed by atoms with E-state index in [2.05, 4.69) is 6.92 Å². The lowest BCUT2D eigenvalue weighted by Crippen LogP contribution is -2.48. The van der Waals surface area contributed by atoms with Crippen LogP contribution in [0.1, 0.15) is 46.0 Å². The molecular weight excluding hydrogens is 240 g/mol. The van der Waals surface area contributed by atoms with Gasteiger partial charge in [0.25, 0.3) is 0 Å². The molecule has 2 rings (SSSR count). The molecule has 110 valence electrons. The van der Waals surface area contributed by atoms with Gasteiger partial charge in [0.1, 0.15) is 0 Å².